The highest BCUT2D eigenvalue weighted by molar-refractivity contribution is 5.46. The van der Waals surface area contributed by atoms with Crippen LogP contribution >= 0.6 is 0 Å². The van der Waals surface area contributed by atoms with E-state index in [0.29, 0.717) is 6.04 Å². The average molecular weight is 225 g/mol. The Kier molecular flexibility index (Phi) is 4.32. The Labute approximate surface area is 97.6 Å². The number of hydrogen-bond donors (Lipinski definition) is 2. The first-order chi connectivity index (χ1) is 7.51. The molecule has 0 amide bonds. The van der Waals surface area contributed by atoms with E-state index < -0.39 is 0 Å². The maximum Gasteiger partial charge on any atom is 0.142 e. The number of anilines is 1. The van der Waals surface area contributed by atoms with Crippen molar-refractivity contribution >= 4 is 5.82 Å². The molecule has 1 atom stereocenters. The van der Waals surface area contributed by atoms with Gasteiger partial charge in [-0.05, 0) is 27.3 Å². The first-order valence-corrected chi connectivity index (χ1v) is 5.70. The zero-order valence-corrected chi connectivity index (χ0v) is 10.9. The zero-order valence-electron chi connectivity index (χ0n) is 10.9. The van der Waals surface area contributed by atoms with E-state index in [2.05, 4.69) is 36.3 Å². The van der Waals surface area contributed by atoms with E-state index in [9.17, 15) is 0 Å². The van der Waals surface area contributed by atoms with Crippen molar-refractivity contribution in [3.63, 3.8) is 0 Å². The first kappa shape index (κ1) is 13.0. The van der Waals surface area contributed by atoms with Gasteiger partial charge in [0.15, 0.2) is 0 Å². The molecule has 1 aromatic heterocycles. The molecule has 0 aliphatic carbocycles. The number of nitrogens with zero attached hydrogens (tertiary/aromatic N) is 3. The van der Waals surface area contributed by atoms with E-state index in [-0.39, 0.29) is 0 Å². The van der Waals surface area contributed by atoms with E-state index in [4.69, 9.17) is 5.84 Å². The Balaban J connectivity index is 2.88. The van der Waals surface area contributed by atoms with Crippen molar-refractivity contribution in [2.75, 3.05) is 12.5 Å². The molecule has 0 aromatic carbocycles. The quantitative estimate of drug-likeness (QED) is 0.585. The second-order valence-electron chi connectivity index (χ2n) is 4.35. The Morgan fingerprint density at radius 3 is 2.69 bits per heavy atom. The number of hydrazine groups is 1. The van der Waals surface area contributed by atoms with E-state index in [1.54, 1.807) is 4.68 Å². The lowest BCUT2D eigenvalue weighted by Gasteiger charge is -2.23. The summed E-state index contributed by atoms with van der Waals surface area (Å²) in [6.45, 7) is 7.30. The molecule has 16 heavy (non-hydrogen) atoms. The third-order valence-corrected chi connectivity index (χ3v) is 3.23. The summed E-state index contributed by atoms with van der Waals surface area (Å²) in [5.41, 5.74) is 4.93. The van der Waals surface area contributed by atoms with Crippen LogP contribution in [-0.2, 0) is 13.6 Å². The minimum atomic E-state index is 0.560. The largest absolute Gasteiger partial charge is 0.308 e. The fourth-order valence-electron chi connectivity index (χ4n) is 1.79. The lowest BCUT2D eigenvalue weighted by molar-refractivity contribution is 0.244. The molecule has 1 unspecified atom stereocenters. The lowest BCUT2D eigenvalue weighted by atomic mass is 10.2. The highest BCUT2D eigenvalue weighted by Gasteiger charge is 2.16. The van der Waals surface area contributed by atoms with Gasteiger partial charge < -0.3 is 5.43 Å². The minimum absolute atomic E-state index is 0.560. The van der Waals surface area contributed by atoms with Crippen LogP contribution in [-0.4, -0.2) is 27.8 Å². The molecule has 0 fully saturated rings. The summed E-state index contributed by atoms with van der Waals surface area (Å²) >= 11 is 0. The Morgan fingerprint density at radius 1 is 1.56 bits per heavy atom. The molecule has 0 bridgehead atoms. The molecule has 5 nitrogen and oxygen atoms in total. The van der Waals surface area contributed by atoms with Crippen LogP contribution in [0.5, 0.6) is 0 Å². The van der Waals surface area contributed by atoms with Gasteiger partial charge in [0.2, 0.25) is 0 Å². The number of nitrogens with two attached hydrogens (primary N) is 1. The Bertz CT molecular complexity index is 344. The van der Waals surface area contributed by atoms with Crippen molar-refractivity contribution in [3.8, 4) is 0 Å². The molecular formula is C11H23N5. The maximum absolute atomic E-state index is 5.52. The fourth-order valence-corrected chi connectivity index (χ4v) is 1.79. The smallest absolute Gasteiger partial charge is 0.142 e. The summed E-state index contributed by atoms with van der Waals surface area (Å²) in [5.74, 6) is 6.42. The predicted molar refractivity (Wildman–Crippen MR) is 67.0 cm³/mol. The summed E-state index contributed by atoms with van der Waals surface area (Å²) in [5, 5.41) is 4.37. The summed E-state index contributed by atoms with van der Waals surface area (Å²) < 4.78 is 1.79. The monoisotopic (exact) mass is 225 g/mol. The molecular weight excluding hydrogens is 202 g/mol. The van der Waals surface area contributed by atoms with Gasteiger partial charge in [-0.15, -0.1) is 0 Å². The molecule has 92 valence electrons. The van der Waals surface area contributed by atoms with E-state index >= 15 is 0 Å². The standard InChI is InChI=1S/C11H23N5/c1-6-8(2)15(4)7-10-9(3)14-16(5)11(10)13-12/h8,13H,6-7,12H2,1-5H3. The van der Waals surface area contributed by atoms with Crippen LogP contribution in [0, 0.1) is 6.92 Å². The summed E-state index contributed by atoms with van der Waals surface area (Å²) in [7, 11) is 4.02. The van der Waals surface area contributed by atoms with E-state index in [0.717, 1.165) is 24.5 Å². The van der Waals surface area contributed by atoms with Crippen LogP contribution in [0.25, 0.3) is 0 Å². The van der Waals surface area contributed by atoms with Crippen LogP contribution in [0.15, 0.2) is 0 Å². The summed E-state index contributed by atoms with van der Waals surface area (Å²) in [6.07, 6.45) is 1.14. The number of nitrogen functional groups attached to an aromatic ring is 1. The molecule has 0 aliphatic heterocycles. The molecule has 1 heterocycles. The normalized spacial score (nSPS) is 13.2. The lowest BCUT2D eigenvalue weighted by Crippen LogP contribution is -2.28. The van der Waals surface area contributed by atoms with Gasteiger partial charge in [-0.25, -0.2) is 5.84 Å². The van der Waals surface area contributed by atoms with Gasteiger partial charge in [-0.3, -0.25) is 9.58 Å². The molecule has 1 aromatic rings. The van der Waals surface area contributed by atoms with E-state index in [1.807, 2.05) is 14.0 Å². The third kappa shape index (κ3) is 2.54. The van der Waals surface area contributed by atoms with Gasteiger partial charge >= 0.3 is 0 Å². The zero-order chi connectivity index (χ0) is 12.3. The molecule has 3 N–H and O–H groups in total. The van der Waals surface area contributed by atoms with Crippen molar-refractivity contribution in [1.82, 2.24) is 14.7 Å². The van der Waals surface area contributed by atoms with Crippen molar-refractivity contribution < 1.29 is 0 Å². The Hall–Kier alpha value is -1.07. The summed E-state index contributed by atoms with van der Waals surface area (Å²) in [4.78, 5) is 2.31. The second kappa shape index (κ2) is 5.32. The van der Waals surface area contributed by atoms with Gasteiger partial charge in [0.25, 0.3) is 0 Å². The SMILES string of the molecule is CCC(C)N(C)Cc1c(C)nn(C)c1NN. The van der Waals surface area contributed by atoms with Crippen LogP contribution in [0.3, 0.4) is 0 Å². The first-order valence-electron chi connectivity index (χ1n) is 5.70. The van der Waals surface area contributed by atoms with Gasteiger partial charge in [0.05, 0.1) is 5.69 Å². The molecule has 0 spiro atoms. The second-order valence-corrected chi connectivity index (χ2v) is 4.35. The van der Waals surface area contributed by atoms with Crippen molar-refractivity contribution in [3.05, 3.63) is 11.3 Å². The van der Waals surface area contributed by atoms with Gasteiger partial charge in [-0.2, -0.15) is 5.10 Å². The molecule has 0 radical (unpaired) electrons. The molecule has 0 saturated carbocycles. The van der Waals surface area contributed by atoms with Crippen LogP contribution in [0.1, 0.15) is 31.5 Å². The number of hydrogen-bond acceptors (Lipinski definition) is 4. The van der Waals surface area contributed by atoms with Gasteiger partial charge in [-0.1, -0.05) is 6.92 Å². The van der Waals surface area contributed by atoms with Crippen LogP contribution in [0.4, 0.5) is 5.82 Å². The average Bonchev–Trinajstić information content (AvgIpc) is 2.52. The number of aryl methyl sites for hydroxylation is 2. The number of aromatic nitrogens is 2. The minimum Gasteiger partial charge on any atom is -0.308 e. The van der Waals surface area contributed by atoms with E-state index in [1.165, 1.54) is 5.56 Å². The molecule has 0 aliphatic rings. The van der Waals surface area contributed by atoms with Crippen LogP contribution < -0.4 is 11.3 Å². The molecule has 1 rings (SSSR count). The fraction of sp³-hybridized carbons (Fsp3) is 0.727. The van der Waals surface area contributed by atoms with Crippen molar-refractivity contribution in [2.24, 2.45) is 12.9 Å². The highest BCUT2D eigenvalue weighted by Crippen LogP contribution is 2.20. The summed E-state index contributed by atoms with van der Waals surface area (Å²) in [6, 6.07) is 0.560. The van der Waals surface area contributed by atoms with Gasteiger partial charge in [0.1, 0.15) is 5.82 Å². The highest BCUT2D eigenvalue weighted by atomic mass is 15.4. The molecule has 5 heteroatoms. The third-order valence-electron chi connectivity index (χ3n) is 3.23. The van der Waals surface area contributed by atoms with Crippen molar-refractivity contribution in [1.29, 1.82) is 0 Å². The predicted octanol–water partition coefficient (Wildman–Crippen LogP) is 1.24. The van der Waals surface area contributed by atoms with Gasteiger partial charge in [0, 0.05) is 25.2 Å². The maximum atomic E-state index is 5.52. The van der Waals surface area contributed by atoms with Crippen LogP contribution in [0.2, 0.25) is 0 Å². The Morgan fingerprint density at radius 2 is 2.19 bits per heavy atom. The topological polar surface area (TPSA) is 59.1 Å². The number of rotatable bonds is 5. The van der Waals surface area contributed by atoms with Crippen molar-refractivity contribution in [2.45, 2.75) is 39.8 Å². The molecule has 0 saturated heterocycles. The number of nitrogens with one attached hydrogen (secondary N) is 1.